The van der Waals surface area contributed by atoms with Crippen molar-refractivity contribution in [3.63, 3.8) is 0 Å². The Morgan fingerprint density at radius 3 is 2.65 bits per heavy atom. The van der Waals surface area contributed by atoms with E-state index in [0.717, 1.165) is 24.6 Å². The van der Waals surface area contributed by atoms with Crippen molar-refractivity contribution in [1.82, 2.24) is 15.5 Å². The number of aliphatic imine (C=N–C) groups is 1. The summed E-state index contributed by atoms with van der Waals surface area (Å²) in [7, 11) is 3.47. The van der Waals surface area contributed by atoms with Crippen molar-refractivity contribution in [2.24, 2.45) is 10.9 Å². The Labute approximate surface area is 127 Å². The van der Waals surface area contributed by atoms with E-state index in [1.54, 1.807) is 19.0 Å². The molecule has 0 unspecified atom stereocenters. The van der Waals surface area contributed by atoms with E-state index in [-0.39, 0.29) is 12.5 Å². The van der Waals surface area contributed by atoms with Crippen molar-refractivity contribution >= 4 is 23.6 Å². The topological polar surface area (TPSA) is 56.7 Å². The maximum Gasteiger partial charge on any atom is 0.243 e. The number of carbonyl (C=O) groups excluding carboxylic acids is 1. The number of carbonyl (C=O) groups is 1. The van der Waals surface area contributed by atoms with Gasteiger partial charge in [-0.3, -0.25) is 4.79 Å². The Morgan fingerprint density at radius 1 is 1.40 bits per heavy atom. The first kappa shape index (κ1) is 18.8. The maximum atomic E-state index is 11.5. The lowest BCUT2D eigenvalue weighted by atomic mass is 10.2. The minimum atomic E-state index is -0.00307. The Kier molecular flexibility index (Phi) is 11.0. The maximum absolute atomic E-state index is 11.5. The molecular formula is C14H28N4OS. The van der Waals surface area contributed by atoms with Gasteiger partial charge in [0.05, 0.1) is 0 Å². The SMILES string of the molecule is C=CCSCCNC(=NCC(=O)N(C)C)NCC(C)C. The smallest absolute Gasteiger partial charge is 0.243 e. The van der Waals surface area contributed by atoms with Crippen molar-refractivity contribution < 1.29 is 4.79 Å². The molecular weight excluding hydrogens is 272 g/mol. The normalized spacial score (nSPS) is 11.3. The highest BCUT2D eigenvalue weighted by molar-refractivity contribution is 7.99. The van der Waals surface area contributed by atoms with Gasteiger partial charge in [-0.1, -0.05) is 19.9 Å². The fraction of sp³-hybridized carbons (Fsp3) is 0.714. The molecule has 0 aliphatic rings. The van der Waals surface area contributed by atoms with Crippen LogP contribution in [0.15, 0.2) is 17.6 Å². The van der Waals surface area contributed by atoms with Crippen LogP contribution in [0.5, 0.6) is 0 Å². The van der Waals surface area contributed by atoms with Crippen molar-refractivity contribution in [1.29, 1.82) is 0 Å². The van der Waals surface area contributed by atoms with Gasteiger partial charge in [0.2, 0.25) is 5.91 Å². The third kappa shape index (κ3) is 10.7. The number of hydrogen-bond acceptors (Lipinski definition) is 3. The van der Waals surface area contributed by atoms with Crippen LogP contribution in [-0.4, -0.2) is 62.0 Å². The quantitative estimate of drug-likeness (QED) is 0.291. The van der Waals surface area contributed by atoms with Gasteiger partial charge in [-0.05, 0) is 5.92 Å². The fourth-order valence-corrected chi connectivity index (χ4v) is 1.75. The van der Waals surface area contributed by atoms with Crippen molar-refractivity contribution in [3.05, 3.63) is 12.7 Å². The summed E-state index contributed by atoms with van der Waals surface area (Å²) in [6, 6.07) is 0. The molecule has 20 heavy (non-hydrogen) atoms. The summed E-state index contributed by atoms with van der Waals surface area (Å²) in [4.78, 5) is 17.4. The van der Waals surface area contributed by atoms with Crippen LogP contribution < -0.4 is 10.6 Å². The molecule has 0 saturated carbocycles. The molecule has 6 heteroatoms. The molecule has 0 atom stereocenters. The number of likely N-dealkylation sites (N-methyl/N-ethyl adjacent to an activating group) is 1. The van der Waals surface area contributed by atoms with Crippen molar-refractivity contribution in [2.75, 3.05) is 45.2 Å². The van der Waals surface area contributed by atoms with E-state index in [2.05, 4.69) is 36.1 Å². The third-order valence-corrected chi connectivity index (χ3v) is 3.29. The summed E-state index contributed by atoms with van der Waals surface area (Å²) in [5, 5.41) is 6.48. The first-order chi connectivity index (χ1) is 9.47. The average molecular weight is 300 g/mol. The lowest BCUT2D eigenvalue weighted by molar-refractivity contribution is -0.127. The van der Waals surface area contributed by atoms with Crippen LogP contribution in [0.1, 0.15) is 13.8 Å². The zero-order valence-electron chi connectivity index (χ0n) is 13.1. The van der Waals surface area contributed by atoms with E-state index >= 15 is 0 Å². The van der Waals surface area contributed by atoms with Gasteiger partial charge < -0.3 is 15.5 Å². The molecule has 0 spiro atoms. The second-order valence-electron chi connectivity index (χ2n) is 5.02. The summed E-state index contributed by atoms with van der Waals surface area (Å²) >= 11 is 1.81. The molecule has 0 aliphatic heterocycles. The minimum absolute atomic E-state index is 0.00307. The predicted molar refractivity (Wildman–Crippen MR) is 89.4 cm³/mol. The van der Waals surface area contributed by atoms with E-state index in [4.69, 9.17) is 0 Å². The van der Waals surface area contributed by atoms with Gasteiger partial charge in [-0.25, -0.2) is 4.99 Å². The highest BCUT2D eigenvalue weighted by atomic mass is 32.2. The lowest BCUT2D eigenvalue weighted by Crippen LogP contribution is -2.41. The lowest BCUT2D eigenvalue weighted by Gasteiger charge is -2.14. The molecule has 0 aromatic carbocycles. The van der Waals surface area contributed by atoms with E-state index in [0.29, 0.717) is 11.9 Å². The summed E-state index contributed by atoms with van der Waals surface area (Å²) < 4.78 is 0. The molecule has 0 rings (SSSR count). The second kappa shape index (κ2) is 11.6. The van der Waals surface area contributed by atoms with Crippen LogP contribution in [-0.2, 0) is 4.79 Å². The fourth-order valence-electron chi connectivity index (χ4n) is 1.17. The molecule has 0 heterocycles. The van der Waals surface area contributed by atoms with Gasteiger partial charge in [0.1, 0.15) is 6.54 Å². The van der Waals surface area contributed by atoms with Gasteiger partial charge in [-0.2, -0.15) is 11.8 Å². The molecule has 0 aromatic heterocycles. The van der Waals surface area contributed by atoms with Crippen LogP contribution in [0.25, 0.3) is 0 Å². The molecule has 0 saturated heterocycles. The van der Waals surface area contributed by atoms with E-state index in [9.17, 15) is 4.79 Å². The Morgan fingerprint density at radius 2 is 2.10 bits per heavy atom. The number of thioether (sulfide) groups is 1. The number of nitrogens with zero attached hydrogens (tertiary/aromatic N) is 2. The van der Waals surface area contributed by atoms with Crippen molar-refractivity contribution in [3.8, 4) is 0 Å². The zero-order valence-corrected chi connectivity index (χ0v) is 13.9. The summed E-state index contributed by atoms with van der Waals surface area (Å²) in [5.74, 6) is 3.16. The van der Waals surface area contributed by atoms with Crippen LogP contribution >= 0.6 is 11.8 Å². The average Bonchev–Trinajstić information content (AvgIpc) is 2.39. The zero-order chi connectivity index (χ0) is 15.4. The highest BCUT2D eigenvalue weighted by Crippen LogP contribution is 1.97. The van der Waals surface area contributed by atoms with Crippen LogP contribution in [0.2, 0.25) is 0 Å². The van der Waals surface area contributed by atoms with Gasteiger partial charge in [0, 0.05) is 38.7 Å². The van der Waals surface area contributed by atoms with E-state index < -0.39 is 0 Å². The van der Waals surface area contributed by atoms with E-state index in [1.807, 2.05) is 17.8 Å². The molecule has 0 bridgehead atoms. The molecule has 0 fully saturated rings. The first-order valence-corrected chi connectivity index (χ1v) is 8.03. The Bertz CT molecular complexity index is 316. The van der Waals surface area contributed by atoms with E-state index in [1.165, 1.54) is 0 Å². The standard InChI is InChI=1S/C14H28N4OS/c1-6-8-20-9-7-15-14(16-10-12(2)3)17-11-13(19)18(4)5/h6,12H,1,7-11H2,2-5H3,(H2,15,16,17). The molecule has 0 aromatic rings. The van der Waals surface area contributed by atoms with Crippen LogP contribution in [0, 0.1) is 5.92 Å². The van der Waals surface area contributed by atoms with Gasteiger partial charge in [0.15, 0.2) is 5.96 Å². The molecule has 0 aliphatic carbocycles. The van der Waals surface area contributed by atoms with Crippen molar-refractivity contribution in [2.45, 2.75) is 13.8 Å². The first-order valence-electron chi connectivity index (χ1n) is 6.88. The number of rotatable bonds is 9. The number of hydrogen-bond donors (Lipinski definition) is 2. The summed E-state index contributed by atoms with van der Waals surface area (Å²) in [6.45, 7) is 9.78. The Hall–Kier alpha value is -1.17. The third-order valence-electron chi connectivity index (χ3n) is 2.32. The Balaban J connectivity index is 4.21. The van der Waals surface area contributed by atoms with Crippen LogP contribution in [0.4, 0.5) is 0 Å². The monoisotopic (exact) mass is 300 g/mol. The van der Waals surface area contributed by atoms with Gasteiger partial charge in [-0.15, -0.1) is 6.58 Å². The molecule has 5 nitrogen and oxygen atoms in total. The summed E-state index contributed by atoms with van der Waals surface area (Å²) in [5.41, 5.74) is 0. The molecule has 1 amide bonds. The van der Waals surface area contributed by atoms with Gasteiger partial charge in [0.25, 0.3) is 0 Å². The molecule has 2 N–H and O–H groups in total. The minimum Gasteiger partial charge on any atom is -0.356 e. The largest absolute Gasteiger partial charge is 0.356 e. The second-order valence-corrected chi connectivity index (χ2v) is 6.17. The summed E-state index contributed by atoms with van der Waals surface area (Å²) in [6.07, 6.45) is 1.90. The number of nitrogens with one attached hydrogen (secondary N) is 2. The predicted octanol–water partition coefficient (Wildman–Crippen LogP) is 1.18. The van der Waals surface area contributed by atoms with Crippen LogP contribution in [0.3, 0.4) is 0 Å². The van der Waals surface area contributed by atoms with Gasteiger partial charge >= 0.3 is 0 Å². The molecule has 116 valence electrons. The number of amides is 1. The highest BCUT2D eigenvalue weighted by Gasteiger charge is 2.04. The number of guanidine groups is 1. The molecule has 0 radical (unpaired) electrons.